The molecule has 1 N–H and O–H groups in total. The van der Waals surface area contributed by atoms with Crippen LogP contribution in [0.3, 0.4) is 0 Å². The Morgan fingerprint density at radius 1 is 1.18 bits per heavy atom. The monoisotopic (exact) mass is 384 g/mol. The molecule has 3 atom stereocenters. The van der Waals surface area contributed by atoms with E-state index >= 15 is 0 Å². The van der Waals surface area contributed by atoms with Crippen molar-refractivity contribution >= 4 is 6.03 Å². The third-order valence-corrected chi connectivity index (χ3v) is 5.97. The molecule has 1 aromatic rings. The summed E-state index contributed by atoms with van der Waals surface area (Å²) in [7, 11) is 0. The summed E-state index contributed by atoms with van der Waals surface area (Å²) in [4.78, 5) is 16.9. The lowest BCUT2D eigenvalue weighted by Gasteiger charge is -2.27. The van der Waals surface area contributed by atoms with E-state index in [0.29, 0.717) is 24.0 Å². The zero-order chi connectivity index (χ0) is 19.3. The van der Waals surface area contributed by atoms with Crippen LogP contribution in [0.5, 0.6) is 5.75 Å². The lowest BCUT2D eigenvalue weighted by Crippen LogP contribution is -2.46. The van der Waals surface area contributed by atoms with Crippen molar-refractivity contribution in [3.8, 4) is 11.8 Å². The van der Waals surface area contributed by atoms with Gasteiger partial charge in [-0.15, -0.1) is 0 Å². The number of ether oxygens (including phenoxy) is 2. The zero-order valence-electron chi connectivity index (χ0n) is 16.2. The Labute approximate surface area is 166 Å². The Balaban J connectivity index is 1.16. The van der Waals surface area contributed by atoms with Crippen molar-refractivity contribution in [1.82, 2.24) is 15.1 Å². The maximum atomic E-state index is 12.5. The molecule has 7 nitrogen and oxygen atoms in total. The van der Waals surface area contributed by atoms with E-state index in [1.54, 1.807) is 12.1 Å². The van der Waals surface area contributed by atoms with Crippen LogP contribution in [0.25, 0.3) is 0 Å². The summed E-state index contributed by atoms with van der Waals surface area (Å²) >= 11 is 0. The molecule has 3 fully saturated rings. The second-order valence-corrected chi connectivity index (χ2v) is 7.97. The number of carbonyl (C=O) groups is 1. The maximum Gasteiger partial charge on any atom is 0.319 e. The number of nitrogens with zero attached hydrogens (tertiary/aromatic N) is 3. The van der Waals surface area contributed by atoms with E-state index in [2.05, 4.69) is 16.3 Å². The van der Waals surface area contributed by atoms with Gasteiger partial charge in [0.2, 0.25) is 0 Å². The van der Waals surface area contributed by atoms with Gasteiger partial charge in [-0.2, -0.15) is 5.26 Å². The number of benzene rings is 1. The average molecular weight is 384 g/mol. The first-order valence-corrected chi connectivity index (χ1v) is 10.2. The van der Waals surface area contributed by atoms with E-state index in [1.165, 1.54) is 0 Å². The molecule has 0 bridgehead atoms. The summed E-state index contributed by atoms with van der Waals surface area (Å²) in [5.74, 6) is 1.90. The van der Waals surface area contributed by atoms with Gasteiger partial charge in [0.05, 0.1) is 11.6 Å². The Morgan fingerprint density at radius 2 is 1.93 bits per heavy atom. The van der Waals surface area contributed by atoms with E-state index in [4.69, 9.17) is 14.7 Å². The first-order chi connectivity index (χ1) is 13.7. The second-order valence-electron chi connectivity index (χ2n) is 7.97. The minimum Gasteiger partial charge on any atom is -0.492 e. The van der Waals surface area contributed by atoms with Gasteiger partial charge >= 0.3 is 6.03 Å². The fraction of sp³-hybridized carbons (Fsp3) is 0.619. The SMILES string of the molecule is N#Cc1ccc(OCCN2CC3CN(C(=O)NC4CCCCO4)CC3C2)cc1. The minimum absolute atomic E-state index is 0.0250. The number of hydrogen-bond donors (Lipinski definition) is 1. The zero-order valence-corrected chi connectivity index (χ0v) is 16.2. The van der Waals surface area contributed by atoms with Crippen molar-refractivity contribution in [2.75, 3.05) is 45.9 Å². The number of nitriles is 1. The van der Waals surface area contributed by atoms with Crippen LogP contribution in [-0.4, -0.2) is 68.0 Å². The van der Waals surface area contributed by atoms with Gasteiger partial charge in [0.25, 0.3) is 0 Å². The molecule has 2 amide bonds. The largest absolute Gasteiger partial charge is 0.492 e. The Hall–Kier alpha value is -2.30. The summed E-state index contributed by atoms with van der Waals surface area (Å²) in [6.45, 7) is 5.96. The molecule has 1 aromatic carbocycles. The third-order valence-electron chi connectivity index (χ3n) is 5.97. The van der Waals surface area contributed by atoms with Gasteiger partial charge in [0, 0.05) is 39.3 Å². The maximum absolute atomic E-state index is 12.5. The number of urea groups is 1. The lowest BCUT2D eigenvalue weighted by molar-refractivity contribution is -0.000370. The van der Waals surface area contributed by atoms with Gasteiger partial charge in [-0.3, -0.25) is 4.90 Å². The van der Waals surface area contributed by atoms with Crippen molar-refractivity contribution in [3.63, 3.8) is 0 Å². The Bertz CT molecular complexity index is 697. The molecule has 3 saturated heterocycles. The van der Waals surface area contributed by atoms with Gasteiger partial charge in [0.1, 0.15) is 18.6 Å². The number of fused-ring (bicyclic) bond motifs is 1. The number of hydrogen-bond acceptors (Lipinski definition) is 5. The third kappa shape index (κ3) is 4.57. The van der Waals surface area contributed by atoms with Crippen molar-refractivity contribution in [2.24, 2.45) is 11.8 Å². The summed E-state index contributed by atoms with van der Waals surface area (Å²) in [6, 6.07) is 9.35. The van der Waals surface area contributed by atoms with E-state index in [9.17, 15) is 4.79 Å². The van der Waals surface area contributed by atoms with Crippen molar-refractivity contribution in [1.29, 1.82) is 5.26 Å². The predicted molar refractivity (Wildman–Crippen MR) is 104 cm³/mol. The number of carbonyl (C=O) groups excluding carboxylic acids is 1. The molecule has 0 spiro atoms. The quantitative estimate of drug-likeness (QED) is 0.841. The highest BCUT2D eigenvalue weighted by Gasteiger charge is 2.41. The van der Waals surface area contributed by atoms with Crippen molar-refractivity contribution in [3.05, 3.63) is 29.8 Å². The second kappa shape index (κ2) is 8.80. The highest BCUT2D eigenvalue weighted by atomic mass is 16.5. The van der Waals surface area contributed by atoms with Crippen LogP contribution < -0.4 is 10.1 Å². The van der Waals surface area contributed by atoms with E-state index in [-0.39, 0.29) is 12.3 Å². The molecule has 4 rings (SSSR count). The molecule has 0 aliphatic carbocycles. The molecule has 3 aliphatic rings. The van der Waals surface area contributed by atoms with Gasteiger partial charge in [-0.1, -0.05) is 0 Å². The minimum atomic E-state index is -0.113. The molecule has 0 saturated carbocycles. The molecule has 7 heteroatoms. The number of rotatable bonds is 5. The first kappa shape index (κ1) is 19.0. The molecule has 28 heavy (non-hydrogen) atoms. The number of amides is 2. The highest BCUT2D eigenvalue weighted by molar-refractivity contribution is 5.74. The molecule has 0 radical (unpaired) electrons. The van der Waals surface area contributed by atoms with Crippen LogP contribution >= 0.6 is 0 Å². The van der Waals surface area contributed by atoms with Crippen LogP contribution in [0.15, 0.2) is 24.3 Å². The molecular weight excluding hydrogens is 356 g/mol. The van der Waals surface area contributed by atoms with E-state index < -0.39 is 0 Å². The van der Waals surface area contributed by atoms with Gasteiger partial charge in [-0.25, -0.2) is 4.79 Å². The first-order valence-electron chi connectivity index (χ1n) is 10.2. The van der Waals surface area contributed by atoms with Crippen molar-refractivity contribution in [2.45, 2.75) is 25.5 Å². The normalized spacial score (nSPS) is 27.2. The molecule has 3 aliphatic heterocycles. The summed E-state index contributed by atoms with van der Waals surface area (Å²) in [5.41, 5.74) is 0.642. The highest BCUT2D eigenvalue weighted by Crippen LogP contribution is 2.31. The van der Waals surface area contributed by atoms with Crippen LogP contribution in [0, 0.1) is 23.2 Å². The Kier molecular flexibility index (Phi) is 5.98. The van der Waals surface area contributed by atoms with Crippen molar-refractivity contribution < 1.29 is 14.3 Å². The fourth-order valence-electron chi connectivity index (χ4n) is 4.44. The van der Waals surface area contributed by atoms with E-state index in [0.717, 1.165) is 64.3 Å². The topological polar surface area (TPSA) is 77.8 Å². The van der Waals surface area contributed by atoms with Crippen LogP contribution in [0.2, 0.25) is 0 Å². The average Bonchev–Trinajstić information content (AvgIpc) is 3.28. The lowest BCUT2D eigenvalue weighted by atomic mass is 10.0. The molecular formula is C21H28N4O3. The molecule has 3 heterocycles. The predicted octanol–water partition coefficient (Wildman–Crippen LogP) is 2.04. The smallest absolute Gasteiger partial charge is 0.319 e. The standard InChI is InChI=1S/C21H28N4O3/c22-11-16-4-6-19(7-5-16)27-10-8-24-12-17-14-25(15-18(17)13-24)21(26)23-20-3-1-2-9-28-20/h4-7,17-18,20H,1-3,8-10,12-15H2,(H,23,26). The number of likely N-dealkylation sites (tertiary alicyclic amines) is 2. The van der Waals surface area contributed by atoms with Crippen LogP contribution in [0.4, 0.5) is 4.79 Å². The molecule has 3 unspecified atom stereocenters. The summed E-state index contributed by atoms with van der Waals surface area (Å²) in [6.07, 6.45) is 3.01. The molecule has 150 valence electrons. The number of nitrogens with one attached hydrogen (secondary N) is 1. The van der Waals surface area contributed by atoms with Gasteiger partial charge in [0.15, 0.2) is 0 Å². The van der Waals surface area contributed by atoms with Gasteiger partial charge in [-0.05, 0) is 55.4 Å². The van der Waals surface area contributed by atoms with Crippen LogP contribution in [-0.2, 0) is 4.74 Å². The summed E-state index contributed by atoms with van der Waals surface area (Å²) < 4.78 is 11.4. The Morgan fingerprint density at radius 3 is 2.57 bits per heavy atom. The van der Waals surface area contributed by atoms with Crippen LogP contribution in [0.1, 0.15) is 24.8 Å². The van der Waals surface area contributed by atoms with Gasteiger partial charge < -0.3 is 19.7 Å². The fourth-order valence-corrected chi connectivity index (χ4v) is 4.44. The molecule has 0 aromatic heterocycles. The summed E-state index contributed by atoms with van der Waals surface area (Å²) in [5, 5.41) is 11.9. The van der Waals surface area contributed by atoms with E-state index in [1.807, 2.05) is 17.0 Å².